The molecule has 0 aliphatic heterocycles. The summed E-state index contributed by atoms with van der Waals surface area (Å²) in [6.45, 7) is 9.34. The number of likely N-dealkylation sites (N-methyl/N-ethyl adjacent to an activating group) is 1. The van der Waals surface area contributed by atoms with Crippen LogP contribution in [0.4, 0.5) is 0 Å². The molecule has 0 spiro atoms. The standard InChI is InChI=1S/C12H27NO/c1-6-9-11(4)13(5)10-12(14,7-2)8-3/h11,14H,6-10H2,1-5H3. The van der Waals surface area contributed by atoms with Crippen LogP contribution in [-0.2, 0) is 0 Å². The summed E-state index contributed by atoms with van der Waals surface area (Å²) in [5, 5.41) is 10.2. The van der Waals surface area contributed by atoms with Gasteiger partial charge in [-0.05, 0) is 33.2 Å². The Bertz CT molecular complexity index is 143. The molecule has 0 aromatic rings. The molecule has 0 saturated carbocycles. The third-order valence-corrected chi connectivity index (χ3v) is 3.32. The Labute approximate surface area is 89.3 Å². The van der Waals surface area contributed by atoms with Gasteiger partial charge in [-0.2, -0.15) is 0 Å². The first kappa shape index (κ1) is 13.9. The first-order valence-electron chi connectivity index (χ1n) is 5.91. The second-order valence-corrected chi connectivity index (χ2v) is 4.48. The Hall–Kier alpha value is -0.0800. The third kappa shape index (κ3) is 4.43. The van der Waals surface area contributed by atoms with E-state index >= 15 is 0 Å². The zero-order valence-electron chi connectivity index (χ0n) is 10.5. The molecule has 0 rings (SSSR count). The summed E-state index contributed by atoms with van der Waals surface area (Å²) in [6.07, 6.45) is 4.10. The van der Waals surface area contributed by atoms with Crippen LogP contribution in [0.5, 0.6) is 0 Å². The third-order valence-electron chi connectivity index (χ3n) is 3.32. The summed E-state index contributed by atoms with van der Waals surface area (Å²) in [7, 11) is 2.11. The van der Waals surface area contributed by atoms with Gasteiger partial charge in [0.15, 0.2) is 0 Å². The fourth-order valence-electron chi connectivity index (χ4n) is 1.73. The van der Waals surface area contributed by atoms with Crippen molar-refractivity contribution in [2.75, 3.05) is 13.6 Å². The zero-order valence-corrected chi connectivity index (χ0v) is 10.5. The van der Waals surface area contributed by atoms with Crippen LogP contribution in [0, 0.1) is 0 Å². The summed E-state index contributed by atoms with van der Waals surface area (Å²) in [5.74, 6) is 0. The minimum atomic E-state index is -0.489. The average Bonchev–Trinajstić information content (AvgIpc) is 2.18. The Balaban J connectivity index is 4.07. The van der Waals surface area contributed by atoms with Crippen molar-refractivity contribution in [1.82, 2.24) is 4.90 Å². The predicted molar refractivity (Wildman–Crippen MR) is 62.5 cm³/mol. The van der Waals surface area contributed by atoms with E-state index in [9.17, 15) is 5.11 Å². The molecule has 0 fully saturated rings. The molecule has 86 valence electrons. The summed E-state index contributed by atoms with van der Waals surface area (Å²) in [5.41, 5.74) is -0.489. The van der Waals surface area contributed by atoms with Crippen molar-refractivity contribution < 1.29 is 5.11 Å². The van der Waals surface area contributed by atoms with E-state index in [1.54, 1.807) is 0 Å². The smallest absolute Gasteiger partial charge is 0.0768 e. The minimum Gasteiger partial charge on any atom is -0.389 e. The number of hydrogen-bond acceptors (Lipinski definition) is 2. The number of hydrogen-bond donors (Lipinski definition) is 1. The van der Waals surface area contributed by atoms with Crippen LogP contribution in [0.1, 0.15) is 53.4 Å². The van der Waals surface area contributed by atoms with Gasteiger partial charge in [0, 0.05) is 12.6 Å². The highest BCUT2D eigenvalue weighted by Crippen LogP contribution is 2.17. The molecule has 2 heteroatoms. The van der Waals surface area contributed by atoms with Crippen LogP contribution in [0.15, 0.2) is 0 Å². The highest BCUT2D eigenvalue weighted by Gasteiger charge is 2.25. The Morgan fingerprint density at radius 2 is 1.71 bits per heavy atom. The minimum absolute atomic E-state index is 0.489. The molecule has 0 aliphatic rings. The van der Waals surface area contributed by atoms with E-state index in [2.05, 4.69) is 39.6 Å². The molecule has 2 nitrogen and oxygen atoms in total. The van der Waals surface area contributed by atoms with Crippen molar-refractivity contribution >= 4 is 0 Å². The molecule has 0 bridgehead atoms. The average molecular weight is 201 g/mol. The van der Waals surface area contributed by atoms with Crippen LogP contribution in [-0.4, -0.2) is 35.2 Å². The normalized spacial score (nSPS) is 14.8. The molecule has 0 radical (unpaired) electrons. The summed E-state index contributed by atoms with van der Waals surface area (Å²) in [4.78, 5) is 2.27. The first-order chi connectivity index (χ1) is 6.49. The van der Waals surface area contributed by atoms with E-state index in [1.807, 2.05) is 0 Å². The first-order valence-corrected chi connectivity index (χ1v) is 5.91. The Morgan fingerprint density at radius 3 is 2.07 bits per heavy atom. The second kappa shape index (κ2) is 6.41. The highest BCUT2D eigenvalue weighted by molar-refractivity contribution is 4.80. The van der Waals surface area contributed by atoms with Gasteiger partial charge in [-0.15, -0.1) is 0 Å². The van der Waals surface area contributed by atoms with Crippen molar-refractivity contribution in [3.05, 3.63) is 0 Å². The molecule has 1 N–H and O–H groups in total. The van der Waals surface area contributed by atoms with Crippen LogP contribution >= 0.6 is 0 Å². The van der Waals surface area contributed by atoms with E-state index in [0.717, 1.165) is 19.4 Å². The zero-order chi connectivity index (χ0) is 11.2. The summed E-state index contributed by atoms with van der Waals surface area (Å²) >= 11 is 0. The molecule has 1 atom stereocenters. The van der Waals surface area contributed by atoms with Gasteiger partial charge in [-0.1, -0.05) is 27.2 Å². The van der Waals surface area contributed by atoms with Gasteiger partial charge in [0.05, 0.1) is 5.60 Å². The number of aliphatic hydroxyl groups is 1. The lowest BCUT2D eigenvalue weighted by atomic mass is 9.96. The maximum absolute atomic E-state index is 10.2. The van der Waals surface area contributed by atoms with Gasteiger partial charge in [-0.25, -0.2) is 0 Å². The lowest BCUT2D eigenvalue weighted by Crippen LogP contribution is -2.44. The van der Waals surface area contributed by atoms with Gasteiger partial charge in [0.1, 0.15) is 0 Å². The van der Waals surface area contributed by atoms with E-state index in [0.29, 0.717) is 6.04 Å². The van der Waals surface area contributed by atoms with Crippen molar-refractivity contribution in [3.8, 4) is 0 Å². The SMILES string of the molecule is CCCC(C)N(C)CC(O)(CC)CC. The van der Waals surface area contributed by atoms with Crippen LogP contribution in [0.3, 0.4) is 0 Å². The topological polar surface area (TPSA) is 23.5 Å². The van der Waals surface area contributed by atoms with Gasteiger partial charge >= 0.3 is 0 Å². The fraction of sp³-hybridized carbons (Fsp3) is 1.00. The van der Waals surface area contributed by atoms with Crippen molar-refractivity contribution in [2.24, 2.45) is 0 Å². The molecule has 14 heavy (non-hydrogen) atoms. The van der Waals surface area contributed by atoms with Crippen LogP contribution in [0.25, 0.3) is 0 Å². The van der Waals surface area contributed by atoms with Gasteiger partial charge < -0.3 is 10.0 Å². The molecule has 0 aliphatic carbocycles. The Morgan fingerprint density at radius 1 is 1.21 bits per heavy atom. The Kier molecular flexibility index (Phi) is 6.38. The largest absolute Gasteiger partial charge is 0.389 e. The molecule has 0 amide bonds. The fourth-order valence-corrected chi connectivity index (χ4v) is 1.73. The van der Waals surface area contributed by atoms with Gasteiger partial charge in [0.25, 0.3) is 0 Å². The quantitative estimate of drug-likeness (QED) is 0.684. The van der Waals surface area contributed by atoms with Gasteiger partial charge in [0.2, 0.25) is 0 Å². The van der Waals surface area contributed by atoms with Crippen LogP contribution in [0.2, 0.25) is 0 Å². The molecule has 0 heterocycles. The van der Waals surface area contributed by atoms with Crippen LogP contribution < -0.4 is 0 Å². The number of nitrogens with zero attached hydrogens (tertiary/aromatic N) is 1. The highest BCUT2D eigenvalue weighted by atomic mass is 16.3. The molecular formula is C12H27NO. The predicted octanol–water partition coefficient (Wildman–Crippen LogP) is 2.66. The molecule has 1 unspecified atom stereocenters. The molecule has 0 saturated heterocycles. The second-order valence-electron chi connectivity index (χ2n) is 4.48. The molecule has 0 aromatic heterocycles. The monoisotopic (exact) mass is 201 g/mol. The maximum Gasteiger partial charge on any atom is 0.0768 e. The van der Waals surface area contributed by atoms with E-state index in [4.69, 9.17) is 0 Å². The van der Waals surface area contributed by atoms with Crippen molar-refractivity contribution in [3.63, 3.8) is 0 Å². The summed E-state index contributed by atoms with van der Waals surface area (Å²) < 4.78 is 0. The lowest BCUT2D eigenvalue weighted by molar-refractivity contribution is -0.00614. The molecular weight excluding hydrogens is 174 g/mol. The number of rotatable bonds is 7. The van der Waals surface area contributed by atoms with E-state index in [-0.39, 0.29) is 0 Å². The molecule has 0 aromatic carbocycles. The maximum atomic E-state index is 10.2. The van der Waals surface area contributed by atoms with E-state index in [1.165, 1.54) is 12.8 Å². The lowest BCUT2D eigenvalue weighted by Gasteiger charge is -2.34. The van der Waals surface area contributed by atoms with Crippen molar-refractivity contribution in [1.29, 1.82) is 0 Å². The van der Waals surface area contributed by atoms with Gasteiger partial charge in [-0.3, -0.25) is 0 Å². The van der Waals surface area contributed by atoms with Crippen molar-refractivity contribution in [2.45, 2.75) is 65.0 Å². The van der Waals surface area contributed by atoms with E-state index < -0.39 is 5.60 Å². The summed E-state index contributed by atoms with van der Waals surface area (Å²) in [6, 6.07) is 0.574.